The fraction of sp³-hybridized carbons (Fsp3) is 0.387. The highest BCUT2D eigenvalue weighted by Crippen LogP contribution is 2.38. The lowest BCUT2D eigenvalue weighted by atomic mass is 9.75. The Morgan fingerprint density at radius 3 is 2.61 bits per heavy atom. The number of nitrogens with zero attached hydrogens (tertiary/aromatic N) is 6. The molecular formula is C31H33ClN6O3. The second-order valence-electron chi connectivity index (χ2n) is 11.7. The number of aryl methyl sites for hydroxylation is 1. The third kappa shape index (κ3) is 6.19. The van der Waals surface area contributed by atoms with Crippen molar-refractivity contribution in [1.82, 2.24) is 19.6 Å². The van der Waals surface area contributed by atoms with E-state index in [4.69, 9.17) is 26.3 Å². The largest absolute Gasteiger partial charge is 0.489 e. The number of hydrogen-bond acceptors (Lipinski definition) is 8. The van der Waals surface area contributed by atoms with Gasteiger partial charge in [-0.05, 0) is 56.7 Å². The van der Waals surface area contributed by atoms with Crippen LogP contribution in [0.3, 0.4) is 0 Å². The van der Waals surface area contributed by atoms with Crippen LogP contribution in [0.1, 0.15) is 61.5 Å². The molecule has 10 heteroatoms. The van der Waals surface area contributed by atoms with Crippen molar-refractivity contribution in [1.29, 1.82) is 5.26 Å². The lowest BCUT2D eigenvalue weighted by Gasteiger charge is -2.39. The molecule has 4 heterocycles. The van der Waals surface area contributed by atoms with Gasteiger partial charge in [0.25, 0.3) is 0 Å². The summed E-state index contributed by atoms with van der Waals surface area (Å²) in [6, 6.07) is 9.53. The zero-order valence-corrected chi connectivity index (χ0v) is 24.4. The minimum absolute atomic E-state index is 0.0879. The van der Waals surface area contributed by atoms with Gasteiger partial charge in [0.2, 0.25) is 0 Å². The number of ketones is 1. The minimum atomic E-state index is -1.01. The van der Waals surface area contributed by atoms with Crippen LogP contribution < -0.4 is 9.64 Å². The summed E-state index contributed by atoms with van der Waals surface area (Å²) in [6.07, 6.45) is 8.74. The zero-order chi connectivity index (χ0) is 29.4. The highest BCUT2D eigenvalue weighted by Gasteiger charge is 2.34. The van der Waals surface area contributed by atoms with Crippen LogP contribution in [0.5, 0.6) is 5.75 Å². The van der Waals surface area contributed by atoms with Crippen LogP contribution in [0.4, 0.5) is 5.82 Å². The maximum absolute atomic E-state index is 13.1. The highest BCUT2D eigenvalue weighted by molar-refractivity contribution is 6.34. The fourth-order valence-electron chi connectivity index (χ4n) is 5.25. The van der Waals surface area contributed by atoms with Gasteiger partial charge in [0.05, 0.1) is 52.2 Å². The molecule has 0 aliphatic carbocycles. The Bertz CT molecular complexity index is 1610. The molecule has 1 aliphatic heterocycles. The summed E-state index contributed by atoms with van der Waals surface area (Å²) in [6.45, 7) is 9.02. The van der Waals surface area contributed by atoms with E-state index in [1.54, 1.807) is 49.1 Å². The number of benzene rings is 1. The third-order valence-corrected chi connectivity index (χ3v) is 7.91. The van der Waals surface area contributed by atoms with Crippen molar-refractivity contribution >= 4 is 28.7 Å². The van der Waals surface area contributed by atoms with Crippen molar-refractivity contribution in [3.8, 4) is 23.1 Å². The number of aliphatic hydroxyl groups is 1. The lowest BCUT2D eigenvalue weighted by Crippen LogP contribution is -2.40. The van der Waals surface area contributed by atoms with Gasteiger partial charge in [-0.3, -0.25) is 9.78 Å². The van der Waals surface area contributed by atoms with Crippen molar-refractivity contribution in [2.45, 2.75) is 52.6 Å². The van der Waals surface area contributed by atoms with Crippen molar-refractivity contribution in [2.75, 3.05) is 24.6 Å². The molecule has 3 aromatic heterocycles. The van der Waals surface area contributed by atoms with Gasteiger partial charge in [-0.25, -0.2) is 9.50 Å². The van der Waals surface area contributed by atoms with E-state index in [-0.39, 0.29) is 17.8 Å². The number of aromatic nitrogens is 4. The fourth-order valence-corrected chi connectivity index (χ4v) is 5.58. The average molecular weight is 573 g/mol. The predicted molar refractivity (Wildman–Crippen MR) is 157 cm³/mol. The molecule has 1 aromatic carbocycles. The van der Waals surface area contributed by atoms with E-state index in [1.165, 1.54) is 6.20 Å². The van der Waals surface area contributed by atoms with Crippen LogP contribution >= 0.6 is 11.6 Å². The van der Waals surface area contributed by atoms with Crippen molar-refractivity contribution in [2.24, 2.45) is 5.41 Å². The molecule has 0 saturated carbocycles. The molecule has 1 saturated heterocycles. The number of piperidine rings is 1. The van der Waals surface area contributed by atoms with Crippen LogP contribution in [0.25, 0.3) is 16.8 Å². The molecule has 1 aliphatic rings. The molecule has 0 radical (unpaired) electrons. The second kappa shape index (κ2) is 11.1. The summed E-state index contributed by atoms with van der Waals surface area (Å²) in [5, 5.41) is 24.5. The van der Waals surface area contributed by atoms with Gasteiger partial charge in [0, 0.05) is 30.6 Å². The molecule has 9 nitrogen and oxygen atoms in total. The number of ether oxygens (including phenoxy) is 1. The number of anilines is 1. The van der Waals surface area contributed by atoms with Gasteiger partial charge in [0.1, 0.15) is 24.2 Å². The van der Waals surface area contributed by atoms with Gasteiger partial charge in [0.15, 0.2) is 5.78 Å². The number of carbonyl (C=O) groups excluding carboxylic acids is 1. The Balaban J connectivity index is 1.32. The number of Topliss-reactive ketones (excluding diaryl/α,β-unsaturated/α-hetero) is 1. The molecule has 0 atom stereocenters. The predicted octanol–water partition coefficient (Wildman–Crippen LogP) is 5.65. The summed E-state index contributed by atoms with van der Waals surface area (Å²) in [5.74, 6) is 1.33. The summed E-state index contributed by atoms with van der Waals surface area (Å²) < 4.78 is 7.39. The van der Waals surface area contributed by atoms with Crippen molar-refractivity contribution in [3.05, 3.63) is 70.8 Å². The quantitative estimate of drug-likeness (QED) is 0.269. The Kier molecular flexibility index (Phi) is 7.73. The highest BCUT2D eigenvalue weighted by atomic mass is 35.5. The normalized spacial score (nSPS) is 15.1. The first-order valence-electron chi connectivity index (χ1n) is 13.6. The monoisotopic (exact) mass is 572 g/mol. The third-order valence-electron chi connectivity index (χ3n) is 7.60. The van der Waals surface area contributed by atoms with E-state index < -0.39 is 5.60 Å². The van der Waals surface area contributed by atoms with E-state index in [2.05, 4.69) is 23.0 Å². The molecule has 0 bridgehead atoms. The van der Waals surface area contributed by atoms with Gasteiger partial charge < -0.3 is 14.7 Å². The first-order valence-corrected chi connectivity index (χ1v) is 14.0. The average Bonchev–Trinajstić information content (AvgIpc) is 3.34. The van der Waals surface area contributed by atoms with E-state index in [9.17, 15) is 15.2 Å². The molecular weight excluding hydrogens is 540 g/mol. The molecule has 1 fully saturated rings. The zero-order valence-electron chi connectivity index (χ0n) is 23.7. The second-order valence-corrected chi connectivity index (χ2v) is 12.2. The van der Waals surface area contributed by atoms with Crippen LogP contribution in [0, 0.1) is 23.7 Å². The van der Waals surface area contributed by atoms with E-state index >= 15 is 0 Å². The first kappa shape index (κ1) is 28.5. The standard InChI is InChI=1S/C31H33ClN6O3/c1-20-6-5-7-24(32)28(20)26(39)13-31(4)8-10-37(11-9-31)27-17-34-25(16-35-27)23-12-22(41-19-30(2,3)40)18-38-29(23)21(14-33)15-36-38/h5-7,12,15-18,40H,8-11,13,19H2,1-4H3. The summed E-state index contributed by atoms with van der Waals surface area (Å²) in [7, 11) is 0. The number of fused-ring (bicyclic) bond motifs is 1. The number of carbonyl (C=O) groups is 1. The van der Waals surface area contributed by atoms with Crippen LogP contribution in [-0.4, -0.2) is 55.8 Å². The lowest BCUT2D eigenvalue weighted by molar-refractivity contribution is 0.0283. The number of nitriles is 1. The van der Waals surface area contributed by atoms with E-state index in [0.29, 0.717) is 45.1 Å². The van der Waals surface area contributed by atoms with Gasteiger partial charge in [-0.2, -0.15) is 10.4 Å². The van der Waals surface area contributed by atoms with Gasteiger partial charge in [-0.1, -0.05) is 30.7 Å². The SMILES string of the molecule is Cc1cccc(Cl)c1C(=O)CC1(C)CCN(c2cnc(-c3cc(OCC(C)(C)O)cn4ncc(C#N)c34)cn2)CC1. The Hall–Kier alpha value is -4.00. The first-order chi connectivity index (χ1) is 19.5. The molecule has 4 aromatic rings. The Labute approximate surface area is 244 Å². The molecule has 0 spiro atoms. The van der Waals surface area contributed by atoms with E-state index in [1.807, 2.05) is 19.1 Å². The molecule has 212 valence electrons. The van der Waals surface area contributed by atoms with Crippen LogP contribution in [0.2, 0.25) is 5.02 Å². The maximum atomic E-state index is 13.1. The molecule has 5 rings (SSSR count). The smallest absolute Gasteiger partial charge is 0.165 e. The van der Waals surface area contributed by atoms with E-state index in [0.717, 1.165) is 37.3 Å². The Morgan fingerprint density at radius 2 is 1.98 bits per heavy atom. The van der Waals surface area contributed by atoms with Crippen molar-refractivity contribution < 1.29 is 14.6 Å². The molecule has 0 unspecified atom stereocenters. The number of hydrogen-bond donors (Lipinski definition) is 1. The molecule has 0 amide bonds. The molecule has 41 heavy (non-hydrogen) atoms. The van der Waals surface area contributed by atoms with Gasteiger partial charge >= 0.3 is 0 Å². The summed E-state index contributed by atoms with van der Waals surface area (Å²) in [5.41, 5.74) is 2.65. The number of rotatable bonds is 8. The van der Waals surface area contributed by atoms with Crippen molar-refractivity contribution in [3.63, 3.8) is 0 Å². The maximum Gasteiger partial charge on any atom is 0.165 e. The summed E-state index contributed by atoms with van der Waals surface area (Å²) >= 11 is 6.35. The Morgan fingerprint density at radius 1 is 1.22 bits per heavy atom. The number of pyridine rings is 1. The van der Waals surface area contributed by atoms with Crippen LogP contribution in [-0.2, 0) is 0 Å². The van der Waals surface area contributed by atoms with Crippen LogP contribution in [0.15, 0.2) is 49.1 Å². The minimum Gasteiger partial charge on any atom is -0.489 e. The molecule has 1 N–H and O–H groups in total. The topological polar surface area (TPSA) is 117 Å². The number of halogens is 1. The summed E-state index contributed by atoms with van der Waals surface area (Å²) in [4.78, 5) is 24.7. The van der Waals surface area contributed by atoms with Gasteiger partial charge in [-0.15, -0.1) is 0 Å².